The molecule has 3 fully saturated rings. The molecule has 45 heavy (non-hydrogen) atoms. The number of anilines is 1. The van der Waals surface area contributed by atoms with Crippen LogP contribution in [0.1, 0.15) is 31.4 Å². The van der Waals surface area contributed by atoms with E-state index in [4.69, 9.17) is 9.47 Å². The van der Waals surface area contributed by atoms with E-state index in [2.05, 4.69) is 49.7 Å². The van der Waals surface area contributed by atoms with Gasteiger partial charge in [0.25, 0.3) is 5.91 Å². The van der Waals surface area contributed by atoms with Gasteiger partial charge in [-0.05, 0) is 55.1 Å². The number of nitriles is 1. The minimum Gasteiger partial charge on any atom is -0.486 e. The summed E-state index contributed by atoms with van der Waals surface area (Å²) in [5, 5.41) is 19.9. The van der Waals surface area contributed by atoms with Gasteiger partial charge in [0, 0.05) is 50.4 Å². The van der Waals surface area contributed by atoms with Gasteiger partial charge in [0.15, 0.2) is 12.0 Å². The van der Waals surface area contributed by atoms with Crippen molar-refractivity contribution in [1.82, 2.24) is 9.80 Å². The maximum Gasteiger partial charge on any atom is 0.251 e. The Balaban J connectivity index is 1.17. The summed E-state index contributed by atoms with van der Waals surface area (Å²) in [6, 6.07) is 15.5. The molecule has 0 saturated carbocycles. The minimum absolute atomic E-state index is 0.180. The van der Waals surface area contributed by atoms with E-state index in [0.717, 1.165) is 50.8 Å². The Kier molecular flexibility index (Phi) is 10.5. The predicted molar refractivity (Wildman–Crippen MR) is 172 cm³/mol. The van der Waals surface area contributed by atoms with Crippen LogP contribution in [0.5, 0.6) is 5.75 Å². The van der Waals surface area contributed by atoms with Gasteiger partial charge in [-0.3, -0.25) is 9.69 Å². The van der Waals surface area contributed by atoms with Crippen molar-refractivity contribution >= 4 is 36.2 Å². The first-order valence-corrected chi connectivity index (χ1v) is 15.3. The predicted octanol–water partition coefficient (Wildman–Crippen LogP) is 3.22. The monoisotopic (exact) mass is 617 g/mol. The van der Waals surface area contributed by atoms with Gasteiger partial charge >= 0.3 is 0 Å². The maximum absolute atomic E-state index is 15.0. The summed E-state index contributed by atoms with van der Waals surface area (Å²) >= 11 is 0. The molecular weight excluding hydrogens is 577 g/mol. The molecule has 1 N–H and O–H groups in total. The highest BCUT2D eigenvalue weighted by Gasteiger charge is 2.36. The summed E-state index contributed by atoms with van der Waals surface area (Å²) in [4.78, 5) is 31.4. The topological polar surface area (TPSA) is 126 Å². The van der Waals surface area contributed by atoms with E-state index in [0.29, 0.717) is 11.6 Å². The molecule has 1 amide bonds. The van der Waals surface area contributed by atoms with Crippen molar-refractivity contribution in [3.8, 4) is 11.8 Å². The number of alkyl halides is 1. The minimum atomic E-state index is -1.47. The van der Waals surface area contributed by atoms with Gasteiger partial charge in [-0.2, -0.15) is 5.26 Å². The van der Waals surface area contributed by atoms with E-state index in [1.54, 1.807) is 32.0 Å². The number of amidine groups is 1. The van der Waals surface area contributed by atoms with Crippen molar-refractivity contribution < 1.29 is 23.8 Å². The molecule has 5 rings (SSSR count). The highest BCUT2D eigenvalue weighted by atomic mass is 19.1. The maximum atomic E-state index is 15.0. The van der Waals surface area contributed by atoms with Gasteiger partial charge in [0.05, 0.1) is 37.1 Å². The molecule has 0 aromatic heterocycles. The first kappa shape index (κ1) is 32.2. The normalized spacial score (nSPS) is 22.3. The van der Waals surface area contributed by atoms with Crippen molar-refractivity contribution in [2.75, 3.05) is 57.4 Å². The Bertz CT molecular complexity index is 1450. The molecule has 2 aromatic rings. The quantitative estimate of drug-likeness (QED) is 0.338. The van der Waals surface area contributed by atoms with Crippen LogP contribution in [0, 0.1) is 17.2 Å². The van der Waals surface area contributed by atoms with Gasteiger partial charge in [0.1, 0.15) is 30.4 Å². The zero-order chi connectivity index (χ0) is 31.9. The number of amides is 1. The number of piperidine rings is 1. The second-order valence-corrected chi connectivity index (χ2v) is 11.8. The SMILES string of the molecule is C=NC(=NC=Nc1ccc(N2CCN(C3COC3)CC2)cc1)c1ccc(O[C@H]2CCN(C(=O)C(O)C(C)C)C[C@H]2F)c(C#N)c1. The number of likely N-dealkylation sites (tertiary alicyclic amines) is 1. The van der Waals surface area contributed by atoms with Crippen molar-refractivity contribution in [1.29, 1.82) is 5.26 Å². The Morgan fingerprint density at radius 2 is 1.89 bits per heavy atom. The molecule has 0 aliphatic carbocycles. The summed E-state index contributed by atoms with van der Waals surface area (Å²) < 4.78 is 26.2. The largest absolute Gasteiger partial charge is 0.486 e. The molecule has 2 aromatic carbocycles. The van der Waals surface area contributed by atoms with Crippen LogP contribution in [0.4, 0.5) is 15.8 Å². The summed E-state index contributed by atoms with van der Waals surface area (Å²) in [6.45, 7) is 12.8. The molecule has 238 valence electrons. The number of rotatable bonds is 9. The fourth-order valence-electron chi connectivity index (χ4n) is 5.60. The standard InChI is InChI=1S/C33H40FN7O4/c1-22(2)31(42)33(43)41-11-10-30(28(34)18-41)45-29-9-4-23(16-24(29)17-35)32(36-3)38-21-37-25-5-7-26(8-6-25)39-12-14-40(15-13-39)27-19-44-20-27/h4-9,16,21-22,27-28,30-31,42H,3,10-15,18-20H2,1-2H3/t28-,30+,31?/m1/s1. The molecule has 3 saturated heterocycles. The highest BCUT2D eigenvalue weighted by molar-refractivity contribution is 6.05. The van der Waals surface area contributed by atoms with Crippen LogP contribution in [0.2, 0.25) is 0 Å². The number of hydrogen-bond donors (Lipinski definition) is 1. The smallest absolute Gasteiger partial charge is 0.251 e. The van der Waals surface area contributed by atoms with E-state index in [9.17, 15) is 15.2 Å². The van der Waals surface area contributed by atoms with Crippen LogP contribution in [0.15, 0.2) is 57.4 Å². The number of aliphatic imine (C=N–C) groups is 3. The Labute approximate surface area is 263 Å². The lowest BCUT2D eigenvalue weighted by Gasteiger charge is -2.43. The Hall–Kier alpha value is -4.18. The van der Waals surface area contributed by atoms with Gasteiger partial charge in [-0.1, -0.05) is 13.8 Å². The summed E-state index contributed by atoms with van der Waals surface area (Å²) in [7, 11) is 0. The van der Waals surface area contributed by atoms with Crippen LogP contribution in [-0.4, -0.2) is 117 Å². The number of carbonyl (C=O) groups is 1. The number of benzene rings is 2. The average molecular weight is 618 g/mol. The summed E-state index contributed by atoms with van der Waals surface area (Å²) in [5.41, 5.74) is 2.62. The summed E-state index contributed by atoms with van der Waals surface area (Å²) in [5.74, 6) is -0.247. The lowest BCUT2D eigenvalue weighted by molar-refractivity contribution is -0.146. The molecule has 3 aliphatic rings. The van der Waals surface area contributed by atoms with Crippen LogP contribution in [0.3, 0.4) is 0 Å². The lowest BCUT2D eigenvalue weighted by atomic mass is 10.0. The molecule has 0 radical (unpaired) electrons. The third-order valence-electron chi connectivity index (χ3n) is 8.52. The summed E-state index contributed by atoms with van der Waals surface area (Å²) in [6.07, 6.45) is -1.84. The number of piperazine rings is 1. The number of hydrogen-bond acceptors (Lipinski definition) is 8. The second kappa shape index (κ2) is 14.7. The van der Waals surface area contributed by atoms with Gasteiger partial charge in [-0.15, -0.1) is 0 Å². The van der Waals surface area contributed by atoms with E-state index >= 15 is 4.39 Å². The number of ether oxygens (including phenoxy) is 2. The fourth-order valence-corrected chi connectivity index (χ4v) is 5.60. The van der Waals surface area contributed by atoms with Crippen molar-refractivity contribution in [3.63, 3.8) is 0 Å². The number of aliphatic hydroxyl groups excluding tert-OH is 1. The molecule has 3 heterocycles. The molecule has 11 nitrogen and oxygen atoms in total. The Morgan fingerprint density at radius 1 is 1.16 bits per heavy atom. The molecule has 1 unspecified atom stereocenters. The van der Waals surface area contributed by atoms with E-state index in [-0.39, 0.29) is 42.6 Å². The molecule has 0 spiro atoms. The van der Waals surface area contributed by atoms with E-state index < -0.39 is 24.3 Å². The highest BCUT2D eigenvalue weighted by Crippen LogP contribution is 2.27. The van der Waals surface area contributed by atoms with Crippen molar-refractivity contribution in [3.05, 3.63) is 53.6 Å². The first-order valence-electron chi connectivity index (χ1n) is 15.3. The van der Waals surface area contributed by atoms with E-state index in [1.165, 1.54) is 11.2 Å². The third kappa shape index (κ3) is 7.73. The van der Waals surface area contributed by atoms with Gasteiger partial charge in [-0.25, -0.2) is 19.4 Å². The van der Waals surface area contributed by atoms with Crippen LogP contribution >= 0.6 is 0 Å². The number of aliphatic hydroxyl groups is 1. The molecule has 3 aliphatic heterocycles. The zero-order valence-corrected chi connectivity index (χ0v) is 25.8. The lowest BCUT2D eigenvalue weighted by Crippen LogP contribution is -2.56. The number of nitrogens with zero attached hydrogens (tertiary/aromatic N) is 7. The zero-order valence-electron chi connectivity index (χ0n) is 25.8. The van der Waals surface area contributed by atoms with Crippen molar-refractivity contribution in [2.45, 2.75) is 44.7 Å². The number of halogens is 1. The van der Waals surface area contributed by atoms with Crippen LogP contribution < -0.4 is 9.64 Å². The van der Waals surface area contributed by atoms with Gasteiger partial charge < -0.3 is 24.4 Å². The number of carbonyl (C=O) groups excluding carboxylic acids is 1. The molecule has 0 bridgehead atoms. The fraction of sp³-hybridized carbons (Fsp3) is 0.485. The van der Waals surface area contributed by atoms with Crippen LogP contribution in [-0.2, 0) is 9.53 Å². The first-order chi connectivity index (χ1) is 21.8. The van der Waals surface area contributed by atoms with Gasteiger partial charge in [0.2, 0.25) is 0 Å². The Morgan fingerprint density at radius 3 is 2.49 bits per heavy atom. The molecule has 12 heteroatoms. The third-order valence-corrected chi connectivity index (χ3v) is 8.52. The molecule has 3 atom stereocenters. The van der Waals surface area contributed by atoms with E-state index in [1.807, 2.05) is 12.1 Å². The van der Waals surface area contributed by atoms with Crippen LogP contribution in [0.25, 0.3) is 0 Å². The van der Waals surface area contributed by atoms with Crippen molar-refractivity contribution in [2.24, 2.45) is 20.9 Å². The second-order valence-electron chi connectivity index (χ2n) is 11.8. The average Bonchev–Trinajstić information content (AvgIpc) is 3.03. The molecular formula is C33H40FN7O4.